The second-order valence-corrected chi connectivity index (χ2v) is 6.68. The van der Waals surface area contributed by atoms with Crippen LogP contribution in [0.25, 0.3) is 0 Å². The molecule has 0 unspecified atom stereocenters. The second-order valence-electron chi connectivity index (χ2n) is 4.70. The van der Waals surface area contributed by atoms with Gasteiger partial charge in [0.1, 0.15) is 0 Å². The molecular weight excluding hydrogens is 322 g/mol. The van der Waals surface area contributed by atoms with Gasteiger partial charge in [0.05, 0.1) is 13.7 Å². The quantitative estimate of drug-likeness (QED) is 0.253. The number of rotatable bonds is 10. The first-order valence-corrected chi connectivity index (χ1v) is 8.77. The zero-order valence-corrected chi connectivity index (χ0v) is 14.5. The molecule has 0 rings (SSSR count). The lowest BCUT2D eigenvalue weighted by atomic mass is 10.3. The number of ether oxygens (including phenoxy) is 2. The van der Waals surface area contributed by atoms with E-state index < -0.39 is 26.7 Å². The number of carbonyl (C=O) groups excluding carboxylic acids is 2. The summed E-state index contributed by atoms with van der Waals surface area (Å²) in [6.45, 7) is 4.30. The lowest BCUT2D eigenvalue weighted by molar-refractivity contribution is -0.138. The van der Waals surface area contributed by atoms with Crippen LogP contribution in [0.5, 0.6) is 0 Å². The van der Waals surface area contributed by atoms with Crippen molar-refractivity contribution < 1.29 is 27.5 Å². The first kappa shape index (κ1) is 20.9. The maximum Gasteiger partial charge on any atom is 0.349 e. The van der Waals surface area contributed by atoms with Crippen molar-refractivity contribution in [2.75, 3.05) is 33.6 Å². The Labute approximate surface area is 137 Å². The fourth-order valence-corrected chi connectivity index (χ4v) is 2.20. The standard InChI is InChI=1S/C15H23NO6S/c1-5-14(17)22-12-7-6-10-16(2)11-8-9-13(15(18)21-3)23(4,19)20/h5,8-9,11H,1,6-7,10,12H2,2-4H3/b11-8+,13-9+. The summed E-state index contributed by atoms with van der Waals surface area (Å²) >= 11 is 0. The molecule has 0 fully saturated rings. The predicted octanol–water partition coefficient (Wildman–Crippen LogP) is 1.04. The van der Waals surface area contributed by atoms with Crippen molar-refractivity contribution in [3.05, 3.63) is 35.9 Å². The first-order chi connectivity index (χ1) is 10.7. The van der Waals surface area contributed by atoms with Crippen LogP contribution in [0.1, 0.15) is 12.8 Å². The van der Waals surface area contributed by atoms with Gasteiger partial charge < -0.3 is 14.4 Å². The highest BCUT2D eigenvalue weighted by Crippen LogP contribution is 2.07. The van der Waals surface area contributed by atoms with Gasteiger partial charge in [-0.3, -0.25) is 0 Å². The van der Waals surface area contributed by atoms with E-state index in [0.717, 1.165) is 25.9 Å². The first-order valence-electron chi connectivity index (χ1n) is 6.88. The summed E-state index contributed by atoms with van der Waals surface area (Å²) in [6, 6.07) is 0. The Bertz CT molecular complexity index is 577. The lowest BCUT2D eigenvalue weighted by Crippen LogP contribution is -2.14. The molecule has 0 aliphatic rings. The van der Waals surface area contributed by atoms with Crippen LogP contribution in [0.3, 0.4) is 0 Å². The summed E-state index contributed by atoms with van der Waals surface area (Å²) in [5.74, 6) is -1.34. The van der Waals surface area contributed by atoms with Crippen molar-refractivity contribution in [2.45, 2.75) is 12.8 Å². The van der Waals surface area contributed by atoms with Crippen molar-refractivity contribution in [2.24, 2.45) is 0 Å². The van der Waals surface area contributed by atoms with E-state index >= 15 is 0 Å². The molecule has 0 radical (unpaired) electrons. The minimum Gasteiger partial charge on any atom is -0.465 e. The largest absolute Gasteiger partial charge is 0.465 e. The molecule has 0 N–H and O–H groups in total. The number of methoxy groups -OCH3 is 1. The van der Waals surface area contributed by atoms with Crippen molar-refractivity contribution >= 4 is 21.8 Å². The second kappa shape index (κ2) is 10.6. The Morgan fingerprint density at radius 1 is 1.26 bits per heavy atom. The van der Waals surface area contributed by atoms with Gasteiger partial charge in [-0.2, -0.15) is 0 Å². The van der Waals surface area contributed by atoms with Crippen LogP contribution in [-0.4, -0.2) is 58.8 Å². The van der Waals surface area contributed by atoms with Gasteiger partial charge in [0.25, 0.3) is 0 Å². The number of unbranched alkanes of at least 4 members (excludes halogenated alkanes) is 1. The zero-order valence-electron chi connectivity index (χ0n) is 13.6. The Kier molecular flexibility index (Phi) is 9.64. The number of carbonyl (C=O) groups is 2. The van der Waals surface area contributed by atoms with Gasteiger partial charge in [-0.15, -0.1) is 0 Å². The van der Waals surface area contributed by atoms with Gasteiger partial charge in [-0.1, -0.05) is 6.58 Å². The van der Waals surface area contributed by atoms with E-state index in [1.807, 2.05) is 4.90 Å². The van der Waals surface area contributed by atoms with E-state index in [4.69, 9.17) is 4.74 Å². The third-order valence-electron chi connectivity index (χ3n) is 2.69. The van der Waals surface area contributed by atoms with E-state index in [2.05, 4.69) is 11.3 Å². The molecular formula is C15H23NO6S. The molecule has 0 heterocycles. The van der Waals surface area contributed by atoms with Crippen molar-refractivity contribution in [1.29, 1.82) is 0 Å². The zero-order chi connectivity index (χ0) is 17.9. The maximum absolute atomic E-state index is 11.5. The maximum atomic E-state index is 11.5. The summed E-state index contributed by atoms with van der Waals surface area (Å²) < 4.78 is 32.2. The van der Waals surface area contributed by atoms with Crippen molar-refractivity contribution in [3.8, 4) is 0 Å². The molecule has 0 spiro atoms. The monoisotopic (exact) mass is 345 g/mol. The minimum atomic E-state index is -3.65. The Morgan fingerprint density at radius 2 is 1.91 bits per heavy atom. The molecule has 0 aromatic carbocycles. The lowest BCUT2D eigenvalue weighted by Gasteiger charge is -2.13. The number of nitrogens with zero attached hydrogens (tertiary/aromatic N) is 1. The molecule has 0 saturated carbocycles. The number of sulfone groups is 1. The van der Waals surface area contributed by atoms with Gasteiger partial charge in [0, 0.05) is 25.9 Å². The smallest absolute Gasteiger partial charge is 0.349 e. The molecule has 0 aliphatic heterocycles. The van der Waals surface area contributed by atoms with Gasteiger partial charge in [0.15, 0.2) is 14.7 Å². The van der Waals surface area contributed by atoms with Crippen LogP contribution >= 0.6 is 0 Å². The highest BCUT2D eigenvalue weighted by atomic mass is 32.2. The average molecular weight is 345 g/mol. The topological polar surface area (TPSA) is 90.0 Å². The van der Waals surface area contributed by atoms with E-state index in [1.165, 1.54) is 12.2 Å². The molecule has 0 amide bonds. The Morgan fingerprint density at radius 3 is 2.43 bits per heavy atom. The molecule has 0 aromatic rings. The molecule has 7 nitrogen and oxygen atoms in total. The van der Waals surface area contributed by atoms with Gasteiger partial charge in [-0.25, -0.2) is 18.0 Å². The van der Waals surface area contributed by atoms with Crippen LogP contribution in [-0.2, 0) is 28.9 Å². The predicted molar refractivity (Wildman–Crippen MR) is 87.1 cm³/mol. The molecule has 0 bridgehead atoms. The van der Waals surface area contributed by atoms with Gasteiger partial charge in [-0.05, 0) is 31.2 Å². The highest BCUT2D eigenvalue weighted by Gasteiger charge is 2.19. The van der Waals surface area contributed by atoms with Crippen LogP contribution in [0, 0.1) is 0 Å². The minimum absolute atomic E-state index is 0.322. The number of esters is 2. The van der Waals surface area contributed by atoms with Crippen molar-refractivity contribution in [1.82, 2.24) is 4.90 Å². The van der Waals surface area contributed by atoms with Gasteiger partial charge >= 0.3 is 11.9 Å². The molecule has 0 aromatic heterocycles. The SMILES string of the molecule is C=CC(=O)OCCCCN(C)/C=C/C=C(\C(=O)OC)S(C)(=O)=O. The summed E-state index contributed by atoms with van der Waals surface area (Å²) in [7, 11) is -0.724. The normalized spacial score (nSPS) is 12.0. The number of hydrogen-bond acceptors (Lipinski definition) is 7. The third-order valence-corrected chi connectivity index (χ3v) is 3.79. The average Bonchev–Trinajstić information content (AvgIpc) is 2.48. The van der Waals surface area contributed by atoms with Crippen LogP contribution < -0.4 is 0 Å². The number of allylic oxidation sites excluding steroid dienone is 2. The van der Waals surface area contributed by atoms with Crippen LogP contribution in [0.4, 0.5) is 0 Å². The Balaban J connectivity index is 4.37. The van der Waals surface area contributed by atoms with Crippen LogP contribution in [0.15, 0.2) is 35.9 Å². The van der Waals surface area contributed by atoms with E-state index in [0.29, 0.717) is 19.6 Å². The molecule has 0 aliphatic carbocycles. The molecule has 0 saturated heterocycles. The molecule has 130 valence electrons. The Hall–Kier alpha value is -2.09. The third kappa shape index (κ3) is 9.51. The van der Waals surface area contributed by atoms with E-state index in [-0.39, 0.29) is 0 Å². The number of hydrogen-bond donors (Lipinski definition) is 0. The summed E-state index contributed by atoms with van der Waals surface area (Å²) in [6.07, 6.45) is 7.84. The van der Waals surface area contributed by atoms with Crippen LogP contribution in [0.2, 0.25) is 0 Å². The summed E-state index contributed by atoms with van der Waals surface area (Å²) in [5.41, 5.74) is 0. The fourth-order valence-electron chi connectivity index (χ4n) is 1.49. The van der Waals surface area contributed by atoms with Crippen molar-refractivity contribution in [3.63, 3.8) is 0 Å². The highest BCUT2D eigenvalue weighted by molar-refractivity contribution is 7.95. The fraction of sp³-hybridized carbons (Fsp3) is 0.467. The molecule has 8 heteroatoms. The summed E-state index contributed by atoms with van der Waals surface area (Å²) in [4.78, 5) is 23.6. The summed E-state index contributed by atoms with van der Waals surface area (Å²) in [5, 5.41) is 0. The van der Waals surface area contributed by atoms with Gasteiger partial charge in [0.2, 0.25) is 0 Å². The molecule has 0 atom stereocenters. The van der Waals surface area contributed by atoms with E-state index in [1.54, 1.807) is 13.2 Å². The molecule has 23 heavy (non-hydrogen) atoms. The van der Waals surface area contributed by atoms with E-state index in [9.17, 15) is 18.0 Å².